The molecule has 3 aromatic rings. The number of rotatable bonds is 6. The van der Waals surface area contributed by atoms with E-state index in [1.807, 2.05) is 16.1 Å². The highest BCUT2D eigenvalue weighted by Gasteiger charge is 2.36. The zero-order chi connectivity index (χ0) is 27.0. The number of nitrogens with zero attached hydrogens (tertiary/aromatic N) is 9. The van der Waals surface area contributed by atoms with Crippen LogP contribution < -0.4 is 15.1 Å². The van der Waals surface area contributed by atoms with Gasteiger partial charge in [0.05, 0.1) is 29.8 Å². The number of aromatic nitrogens is 6. The van der Waals surface area contributed by atoms with E-state index in [0.717, 1.165) is 4.57 Å². The number of anilines is 3. The Balaban J connectivity index is 1.67. The molecule has 1 unspecified atom stereocenters. The standard InChI is InChI=1S/C22H29F3N10O2S/c1-14-12-33(4-5-35(14)38(3)36)21-29-16-18(32-6-8-37-9-7-32)30-17(15-10-27-20(26-2)28-11-15)31-19(16)34(21)13-22(23,24)25/h10-11,14H,4-9,12-13H2,1-3H3,(H,26,27,28)/t14-,38?/m0/s1. The molecule has 38 heavy (non-hydrogen) atoms. The average Bonchev–Trinajstić information content (AvgIpc) is 3.25. The van der Waals surface area contributed by atoms with Crippen molar-refractivity contribution in [1.82, 2.24) is 33.8 Å². The van der Waals surface area contributed by atoms with E-state index in [-0.39, 0.29) is 29.0 Å². The van der Waals surface area contributed by atoms with Crippen LogP contribution in [0.15, 0.2) is 12.4 Å². The number of piperazine rings is 1. The first-order chi connectivity index (χ1) is 18.1. The summed E-state index contributed by atoms with van der Waals surface area (Å²) in [7, 11) is 0.504. The van der Waals surface area contributed by atoms with Crippen molar-refractivity contribution < 1.29 is 22.1 Å². The van der Waals surface area contributed by atoms with Crippen molar-refractivity contribution in [1.29, 1.82) is 0 Å². The van der Waals surface area contributed by atoms with E-state index in [2.05, 4.69) is 20.3 Å². The van der Waals surface area contributed by atoms with E-state index in [9.17, 15) is 17.4 Å². The van der Waals surface area contributed by atoms with Gasteiger partial charge in [0.2, 0.25) is 11.9 Å². The molecule has 1 N–H and O–H groups in total. The molecule has 2 saturated heterocycles. The highest BCUT2D eigenvalue weighted by atomic mass is 32.2. The maximum Gasteiger partial charge on any atom is 0.406 e. The van der Waals surface area contributed by atoms with Crippen LogP contribution in [0.3, 0.4) is 0 Å². The van der Waals surface area contributed by atoms with Gasteiger partial charge in [0.1, 0.15) is 6.54 Å². The summed E-state index contributed by atoms with van der Waals surface area (Å²) < 4.78 is 62.2. The van der Waals surface area contributed by atoms with Crippen molar-refractivity contribution in [3.63, 3.8) is 0 Å². The van der Waals surface area contributed by atoms with Crippen molar-refractivity contribution in [2.45, 2.75) is 25.7 Å². The summed E-state index contributed by atoms with van der Waals surface area (Å²) in [6.07, 6.45) is 0.145. The van der Waals surface area contributed by atoms with Crippen molar-refractivity contribution in [3.05, 3.63) is 12.4 Å². The highest BCUT2D eigenvalue weighted by Crippen LogP contribution is 2.34. The Morgan fingerprint density at radius 1 is 1.08 bits per heavy atom. The minimum atomic E-state index is -4.51. The van der Waals surface area contributed by atoms with Crippen LogP contribution >= 0.6 is 0 Å². The molecule has 5 heterocycles. The predicted octanol–water partition coefficient (Wildman–Crippen LogP) is 1.53. The first kappa shape index (κ1) is 26.5. The Morgan fingerprint density at radius 2 is 1.79 bits per heavy atom. The minimum Gasteiger partial charge on any atom is -0.378 e. The minimum absolute atomic E-state index is 0.0793. The van der Waals surface area contributed by atoms with Crippen LogP contribution in [-0.2, 0) is 22.3 Å². The number of alkyl halides is 3. The van der Waals surface area contributed by atoms with E-state index in [1.54, 1.807) is 18.2 Å². The maximum absolute atomic E-state index is 13.9. The van der Waals surface area contributed by atoms with Gasteiger partial charge in [0.15, 0.2) is 22.8 Å². The van der Waals surface area contributed by atoms with Gasteiger partial charge in [0, 0.05) is 64.5 Å². The third-order valence-electron chi connectivity index (χ3n) is 6.52. The van der Waals surface area contributed by atoms with Crippen LogP contribution in [0.4, 0.5) is 30.9 Å². The summed E-state index contributed by atoms with van der Waals surface area (Å²) in [6.45, 7) is 3.76. The third-order valence-corrected chi connectivity index (χ3v) is 7.72. The van der Waals surface area contributed by atoms with Crippen LogP contribution in [0.2, 0.25) is 0 Å². The van der Waals surface area contributed by atoms with Crippen molar-refractivity contribution in [3.8, 4) is 11.4 Å². The van der Waals surface area contributed by atoms with Crippen LogP contribution in [0, 0.1) is 0 Å². The Labute approximate surface area is 219 Å². The molecule has 0 radical (unpaired) electrons. The number of morpholine rings is 1. The molecule has 3 aromatic heterocycles. The Morgan fingerprint density at radius 3 is 2.39 bits per heavy atom. The molecule has 0 aliphatic carbocycles. The quantitative estimate of drug-likeness (QED) is 0.481. The van der Waals surface area contributed by atoms with Crippen LogP contribution in [0.25, 0.3) is 22.6 Å². The molecule has 206 valence electrons. The number of hydrogen-bond donors (Lipinski definition) is 1. The molecule has 2 fully saturated rings. The molecule has 0 bridgehead atoms. The lowest BCUT2D eigenvalue weighted by atomic mass is 10.2. The van der Waals surface area contributed by atoms with Crippen LogP contribution in [0.1, 0.15) is 6.92 Å². The number of fused-ring (bicyclic) bond motifs is 1. The summed E-state index contributed by atoms with van der Waals surface area (Å²) >= 11 is 0. The SMILES string of the molecule is CNc1ncc(-c2nc(N3CCOCC3)c3nc(N4CCN(S(C)=O)[C@@H](C)C4)n(CC(F)(F)F)c3n2)cn1. The second-order valence-corrected chi connectivity index (χ2v) is 10.5. The maximum atomic E-state index is 13.9. The predicted molar refractivity (Wildman–Crippen MR) is 137 cm³/mol. The molecule has 2 atom stereocenters. The molecule has 12 nitrogen and oxygen atoms in total. The lowest BCUT2D eigenvalue weighted by molar-refractivity contribution is -0.139. The summed E-state index contributed by atoms with van der Waals surface area (Å²) in [5.74, 6) is 1.20. The van der Waals surface area contributed by atoms with Gasteiger partial charge in [-0.1, -0.05) is 0 Å². The number of hydrogen-bond acceptors (Lipinski definition) is 10. The smallest absolute Gasteiger partial charge is 0.378 e. The Hall–Kier alpha value is -3.11. The van der Waals surface area contributed by atoms with Gasteiger partial charge < -0.3 is 19.9 Å². The molecular formula is C22H29F3N10O2S. The first-order valence-electron chi connectivity index (χ1n) is 12.2. The molecule has 5 rings (SSSR count). The molecular weight excluding hydrogens is 525 g/mol. The fourth-order valence-corrected chi connectivity index (χ4v) is 5.66. The normalized spacial score (nSPS) is 20.2. The van der Waals surface area contributed by atoms with E-state index >= 15 is 0 Å². The lowest BCUT2D eigenvalue weighted by Crippen LogP contribution is -2.53. The number of nitrogens with one attached hydrogen (secondary N) is 1. The number of halogens is 3. The fourth-order valence-electron chi connectivity index (χ4n) is 4.74. The molecule has 0 amide bonds. The van der Waals surface area contributed by atoms with Gasteiger partial charge >= 0.3 is 6.18 Å². The fraction of sp³-hybridized carbons (Fsp3) is 0.591. The molecule has 0 saturated carbocycles. The summed E-state index contributed by atoms with van der Waals surface area (Å²) in [6, 6.07) is -0.142. The van der Waals surface area contributed by atoms with Gasteiger partial charge in [-0.25, -0.2) is 33.4 Å². The molecule has 0 spiro atoms. The summed E-state index contributed by atoms with van der Waals surface area (Å²) in [5.41, 5.74) is 0.835. The largest absolute Gasteiger partial charge is 0.406 e. The second kappa shape index (κ2) is 10.6. The van der Waals surface area contributed by atoms with Gasteiger partial charge in [-0.3, -0.25) is 4.57 Å². The summed E-state index contributed by atoms with van der Waals surface area (Å²) in [4.78, 5) is 26.2. The van der Waals surface area contributed by atoms with Gasteiger partial charge in [-0.2, -0.15) is 13.2 Å². The van der Waals surface area contributed by atoms with Crippen molar-refractivity contribution in [2.24, 2.45) is 0 Å². The van der Waals surface area contributed by atoms with E-state index in [0.29, 0.717) is 63.3 Å². The second-order valence-electron chi connectivity index (χ2n) is 9.16. The number of ether oxygens (including phenoxy) is 1. The van der Waals surface area contributed by atoms with Gasteiger partial charge in [0.25, 0.3) is 0 Å². The van der Waals surface area contributed by atoms with Crippen LogP contribution in [-0.4, -0.2) is 109 Å². The van der Waals surface area contributed by atoms with E-state index in [4.69, 9.17) is 14.7 Å². The summed E-state index contributed by atoms with van der Waals surface area (Å²) in [5, 5.41) is 2.83. The molecule has 2 aliphatic heterocycles. The third kappa shape index (κ3) is 5.37. The molecule has 2 aliphatic rings. The zero-order valence-electron chi connectivity index (χ0n) is 21.3. The van der Waals surface area contributed by atoms with Crippen LogP contribution in [0.5, 0.6) is 0 Å². The topological polar surface area (TPSA) is 117 Å². The zero-order valence-corrected chi connectivity index (χ0v) is 22.1. The Bertz CT molecular complexity index is 1310. The molecule has 16 heteroatoms. The molecule has 0 aromatic carbocycles. The van der Waals surface area contributed by atoms with Gasteiger partial charge in [-0.15, -0.1) is 0 Å². The monoisotopic (exact) mass is 554 g/mol. The van der Waals surface area contributed by atoms with E-state index < -0.39 is 23.7 Å². The van der Waals surface area contributed by atoms with Gasteiger partial charge in [-0.05, 0) is 6.92 Å². The van der Waals surface area contributed by atoms with Crippen molar-refractivity contribution >= 4 is 39.9 Å². The first-order valence-corrected chi connectivity index (χ1v) is 13.7. The Kier molecular flexibility index (Phi) is 7.37. The average molecular weight is 555 g/mol. The lowest BCUT2D eigenvalue weighted by Gasteiger charge is -2.38. The number of imidazole rings is 1. The van der Waals surface area contributed by atoms with E-state index in [1.165, 1.54) is 12.4 Å². The van der Waals surface area contributed by atoms with Crippen molar-refractivity contribution in [2.75, 3.05) is 74.4 Å². The highest BCUT2D eigenvalue weighted by molar-refractivity contribution is 7.81.